The van der Waals surface area contributed by atoms with E-state index < -0.39 is 23.0 Å². The van der Waals surface area contributed by atoms with E-state index in [9.17, 15) is 19.2 Å². The monoisotopic (exact) mass is 549 g/mol. The average molecular weight is 550 g/mol. The Balaban J connectivity index is 0.000000222. The third-order valence-electron chi connectivity index (χ3n) is 7.42. The highest BCUT2D eigenvalue weighted by Crippen LogP contribution is 2.29. The number of carboxylic acids is 1. The van der Waals surface area contributed by atoms with Crippen LogP contribution in [0.1, 0.15) is 79.1 Å². The average Bonchev–Trinajstić information content (AvgIpc) is 3.40. The molecule has 1 aromatic heterocycles. The van der Waals surface area contributed by atoms with E-state index >= 15 is 0 Å². The van der Waals surface area contributed by atoms with Gasteiger partial charge in [-0.15, -0.1) is 0 Å². The molecule has 0 bridgehead atoms. The maximum Gasteiger partial charge on any atom is 0.338 e. The molecule has 2 aliphatic rings. The number of hydrogen-bond donors (Lipinski definition) is 3. The first-order valence-electron chi connectivity index (χ1n) is 12.9. The van der Waals surface area contributed by atoms with Crippen molar-refractivity contribution in [1.82, 2.24) is 15.6 Å². The number of amidine groups is 2. The normalized spacial score (nSPS) is 21.8. The Morgan fingerprint density at radius 1 is 0.900 bits per heavy atom. The van der Waals surface area contributed by atoms with Crippen LogP contribution in [0.3, 0.4) is 0 Å². The summed E-state index contributed by atoms with van der Waals surface area (Å²) in [6.07, 6.45) is 1.47. The van der Waals surface area contributed by atoms with Crippen molar-refractivity contribution < 1.29 is 29.0 Å². The molecule has 0 spiro atoms. The number of benzene rings is 1. The number of esters is 1. The Kier molecular flexibility index (Phi) is 8.57. The van der Waals surface area contributed by atoms with Crippen molar-refractivity contribution in [3.05, 3.63) is 64.5 Å². The van der Waals surface area contributed by atoms with Gasteiger partial charge in [-0.2, -0.15) is 0 Å². The summed E-state index contributed by atoms with van der Waals surface area (Å²) < 4.78 is 4.81. The van der Waals surface area contributed by atoms with Crippen LogP contribution >= 0.6 is 0 Å². The number of carboxylic acid groups (broad SMARTS) is 1. The van der Waals surface area contributed by atoms with Crippen molar-refractivity contribution in [1.29, 1.82) is 0 Å². The molecular formula is C29H35N5O6. The minimum atomic E-state index is -1.10. The van der Waals surface area contributed by atoms with Crippen molar-refractivity contribution in [3.8, 4) is 0 Å². The molecule has 3 N–H and O–H groups in total. The number of aliphatic imine (C=N–C) groups is 2. The summed E-state index contributed by atoms with van der Waals surface area (Å²) in [5.41, 5.74) is 0.448. The van der Waals surface area contributed by atoms with Gasteiger partial charge in [0.05, 0.1) is 18.2 Å². The smallest absolute Gasteiger partial charge is 0.338 e. The molecule has 2 amide bonds. The van der Waals surface area contributed by atoms with E-state index in [0.717, 1.165) is 5.56 Å². The van der Waals surface area contributed by atoms with Crippen LogP contribution < -0.4 is 10.6 Å². The highest BCUT2D eigenvalue weighted by Gasteiger charge is 2.43. The lowest BCUT2D eigenvalue weighted by Crippen LogP contribution is -2.41. The number of nitrogens with zero attached hydrogens (tertiary/aromatic N) is 3. The van der Waals surface area contributed by atoms with E-state index in [1.165, 1.54) is 25.4 Å². The molecule has 2 atom stereocenters. The molecular weight excluding hydrogens is 514 g/mol. The van der Waals surface area contributed by atoms with Gasteiger partial charge in [0, 0.05) is 11.8 Å². The Morgan fingerprint density at radius 3 is 1.95 bits per heavy atom. The summed E-state index contributed by atoms with van der Waals surface area (Å²) in [6.45, 7) is 13.1. The standard InChI is InChI=1S/C16H20N2O3.C13H15N3O3/c1-9(2)16(4)15(20)17-13(18-16)11-7-6-10(3)8-12(11)14(19)21-5;1-7(2)13(3)12(19)15-10(16-13)9-8(11(17)18)5-4-6-14-9/h6-9H,1-5H3,(H,17,18,20);4-7H,1-3H3,(H,17,18)(H,15,16,19). The van der Waals surface area contributed by atoms with Gasteiger partial charge in [-0.3, -0.25) is 19.6 Å². The number of aryl methyl sites for hydroxylation is 1. The van der Waals surface area contributed by atoms with Crippen molar-refractivity contribution in [2.45, 2.75) is 59.5 Å². The van der Waals surface area contributed by atoms with Gasteiger partial charge in [-0.1, -0.05) is 45.4 Å². The number of methoxy groups -OCH3 is 1. The summed E-state index contributed by atoms with van der Waals surface area (Å²) in [5.74, 6) is -1.22. The van der Waals surface area contributed by atoms with E-state index in [1.54, 1.807) is 26.0 Å². The van der Waals surface area contributed by atoms with Crippen LogP contribution in [0.2, 0.25) is 0 Å². The van der Waals surface area contributed by atoms with E-state index in [4.69, 9.17) is 9.84 Å². The second-order valence-corrected chi connectivity index (χ2v) is 10.7. The number of amides is 2. The van der Waals surface area contributed by atoms with Crippen LogP contribution in [0.15, 0.2) is 46.5 Å². The second-order valence-electron chi connectivity index (χ2n) is 10.7. The van der Waals surface area contributed by atoms with Gasteiger partial charge in [0.2, 0.25) is 0 Å². The number of hydrogen-bond acceptors (Lipinski definition) is 8. The fourth-order valence-corrected chi connectivity index (χ4v) is 4.02. The lowest BCUT2D eigenvalue weighted by atomic mass is 9.89. The van der Waals surface area contributed by atoms with Crippen molar-refractivity contribution in [2.75, 3.05) is 7.11 Å². The Bertz CT molecular complexity index is 1430. The molecule has 40 heavy (non-hydrogen) atoms. The second kappa shape index (κ2) is 11.4. The molecule has 0 fully saturated rings. The molecule has 2 aliphatic heterocycles. The topological polar surface area (TPSA) is 159 Å². The van der Waals surface area contributed by atoms with Crippen molar-refractivity contribution in [2.24, 2.45) is 21.8 Å². The number of carbonyl (C=O) groups excluding carboxylic acids is 3. The SMILES string of the molecule is CC(C)C1(C)N=C(c2ncccc2C(=O)O)NC1=O.COC(=O)c1cc(C)ccc1C1=NC(C)(C(C)C)C(=O)N1. The first kappa shape index (κ1) is 30.1. The Labute approximate surface area is 233 Å². The number of ether oxygens (including phenoxy) is 1. The summed E-state index contributed by atoms with van der Waals surface area (Å²) in [7, 11) is 1.34. The maximum atomic E-state index is 12.2. The number of carbonyl (C=O) groups is 4. The molecule has 212 valence electrons. The van der Waals surface area contributed by atoms with Gasteiger partial charge in [0.15, 0.2) is 5.84 Å². The largest absolute Gasteiger partial charge is 0.478 e. The molecule has 1 aromatic carbocycles. The van der Waals surface area contributed by atoms with Gasteiger partial charge in [0.1, 0.15) is 22.6 Å². The molecule has 0 saturated carbocycles. The van der Waals surface area contributed by atoms with Gasteiger partial charge < -0.3 is 20.5 Å². The lowest BCUT2D eigenvalue weighted by molar-refractivity contribution is -0.125. The summed E-state index contributed by atoms with van der Waals surface area (Å²) in [4.78, 5) is 60.2. The van der Waals surface area contributed by atoms with Crippen LogP contribution in [-0.4, -0.2) is 63.7 Å². The quantitative estimate of drug-likeness (QED) is 0.467. The number of rotatable bonds is 6. The van der Waals surface area contributed by atoms with Crippen LogP contribution in [-0.2, 0) is 14.3 Å². The van der Waals surface area contributed by atoms with Crippen molar-refractivity contribution >= 4 is 35.4 Å². The minimum Gasteiger partial charge on any atom is -0.478 e. The summed E-state index contributed by atoms with van der Waals surface area (Å²) >= 11 is 0. The fraction of sp³-hybridized carbons (Fsp3) is 0.414. The number of nitrogens with one attached hydrogen (secondary N) is 2. The Morgan fingerprint density at radius 2 is 1.45 bits per heavy atom. The number of aromatic carboxylic acids is 1. The molecule has 2 unspecified atom stereocenters. The fourth-order valence-electron chi connectivity index (χ4n) is 4.02. The number of pyridine rings is 1. The van der Waals surface area contributed by atoms with Crippen LogP contribution in [0, 0.1) is 18.8 Å². The van der Waals surface area contributed by atoms with E-state index in [1.807, 2.05) is 40.7 Å². The van der Waals surface area contributed by atoms with Crippen LogP contribution in [0.5, 0.6) is 0 Å². The van der Waals surface area contributed by atoms with E-state index in [-0.39, 0.29) is 40.7 Å². The van der Waals surface area contributed by atoms with Gasteiger partial charge in [-0.25, -0.2) is 14.6 Å². The molecule has 2 aromatic rings. The highest BCUT2D eigenvalue weighted by atomic mass is 16.5. The van der Waals surface area contributed by atoms with Crippen LogP contribution in [0.4, 0.5) is 0 Å². The first-order valence-corrected chi connectivity index (χ1v) is 12.9. The van der Waals surface area contributed by atoms with Gasteiger partial charge in [-0.05, 0) is 50.8 Å². The van der Waals surface area contributed by atoms with Gasteiger partial charge >= 0.3 is 11.9 Å². The zero-order valence-corrected chi connectivity index (χ0v) is 23.9. The molecule has 11 nitrogen and oxygen atoms in total. The number of aromatic nitrogens is 1. The minimum absolute atomic E-state index is 0.00184. The highest BCUT2D eigenvalue weighted by molar-refractivity contribution is 6.19. The van der Waals surface area contributed by atoms with E-state index in [2.05, 4.69) is 25.6 Å². The molecule has 3 heterocycles. The summed E-state index contributed by atoms with van der Waals surface area (Å²) in [6, 6.07) is 8.37. The molecule has 0 radical (unpaired) electrons. The van der Waals surface area contributed by atoms with E-state index in [0.29, 0.717) is 17.0 Å². The zero-order valence-electron chi connectivity index (χ0n) is 23.9. The molecule has 4 rings (SSSR count). The van der Waals surface area contributed by atoms with Crippen molar-refractivity contribution in [3.63, 3.8) is 0 Å². The van der Waals surface area contributed by atoms with Gasteiger partial charge in [0.25, 0.3) is 11.8 Å². The van der Waals surface area contributed by atoms with Crippen LogP contribution in [0.25, 0.3) is 0 Å². The molecule has 0 aliphatic carbocycles. The maximum absolute atomic E-state index is 12.2. The Hall–Kier alpha value is -4.41. The third-order valence-corrected chi connectivity index (χ3v) is 7.42. The molecule has 0 saturated heterocycles. The lowest BCUT2D eigenvalue weighted by Gasteiger charge is -2.21. The third kappa shape index (κ3) is 5.63. The summed E-state index contributed by atoms with van der Waals surface area (Å²) in [5, 5.41) is 14.5. The predicted octanol–water partition coefficient (Wildman–Crippen LogP) is 3.14. The predicted molar refractivity (Wildman–Crippen MR) is 150 cm³/mol. The first-order chi connectivity index (χ1) is 18.6. The zero-order chi connectivity index (χ0) is 30.0. The molecule has 11 heteroatoms.